The van der Waals surface area contributed by atoms with Crippen molar-refractivity contribution in [3.05, 3.63) is 35.2 Å². The molecule has 0 bridgehead atoms. The van der Waals surface area contributed by atoms with Crippen LogP contribution in [-0.4, -0.2) is 49.1 Å². The number of benzene rings is 1. The minimum atomic E-state index is 0.0526. The van der Waals surface area contributed by atoms with Crippen LogP contribution in [0.25, 0.3) is 10.1 Å². The number of likely N-dealkylation sites (N-methyl/N-ethyl adjacent to an activating group) is 1. The molecule has 2 heterocycles. The first kappa shape index (κ1) is 14.4. The van der Waals surface area contributed by atoms with Crippen molar-refractivity contribution >= 4 is 27.5 Å². The first-order valence-electron chi connectivity index (χ1n) is 7.30. The average molecular weight is 303 g/mol. The predicted molar refractivity (Wildman–Crippen MR) is 87.7 cm³/mol. The Balaban J connectivity index is 1.56. The van der Waals surface area contributed by atoms with Gasteiger partial charge in [0.25, 0.3) is 0 Å². The van der Waals surface area contributed by atoms with Gasteiger partial charge in [-0.05, 0) is 38.0 Å². The van der Waals surface area contributed by atoms with Gasteiger partial charge >= 0.3 is 6.03 Å². The molecule has 112 valence electrons. The Morgan fingerprint density at radius 3 is 2.95 bits per heavy atom. The molecular formula is C16H21N3OS. The second kappa shape index (κ2) is 6.03. The molecule has 1 aromatic heterocycles. The highest BCUT2D eigenvalue weighted by atomic mass is 32.1. The van der Waals surface area contributed by atoms with Gasteiger partial charge in [0.15, 0.2) is 0 Å². The summed E-state index contributed by atoms with van der Waals surface area (Å²) in [6.45, 7) is 2.29. The van der Waals surface area contributed by atoms with E-state index in [0.29, 0.717) is 12.6 Å². The molecule has 1 aromatic carbocycles. The lowest BCUT2D eigenvalue weighted by atomic mass is 10.2. The van der Waals surface area contributed by atoms with Crippen LogP contribution in [0.4, 0.5) is 4.79 Å². The number of urea groups is 1. The first-order chi connectivity index (χ1) is 10.1. The molecule has 4 nitrogen and oxygen atoms in total. The van der Waals surface area contributed by atoms with Crippen molar-refractivity contribution in [1.29, 1.82) is 0 Å². The van der Waals surface area contributed by atoms with E-state index in [0.717, 1.165) is 19.5 Å². The van der Waals surface area contributed by atoms with E-state index in [4.69, 9.17) is 0 Å². The van der Waals surface area contributed by atoms with E-state index in [1.807, 2.05) is 17.0 Å². The Morgan fingerprint density at radius 2 is 2.24 bits per heavy atom. The second-order valence-corrected chi connectivity index (χ2v) is 6.93. The first-order valence-corrected chi connectivity index (χ1v) is 8.12. The van der Waals surface area contributed by atoms with Crippen LogP contribution in [-0.2, 0) is 6.54 Å². The van der Waals surface area contributed by atoms with Gasteiger partial charge in [0, 0.05) is 28.7 Å². The molecule has 0 saturated carbocycles. The average Bonchev–Trinajstić information content (AvgIpc) is 3.11. The summed E-state index contributed by atoms with van der Waals surface area (Å²) >= 11 is 1.75. The van der Waals surface area contributed by atoms with Gasteiger partial charge in [-0.15, -0.1) is 11.3 Å². The lowest BCUT2D eigenvalue weighted by molar-refractivity contribution is 0.203. The van der Waals surface area contributed by atoms with Crippen LogP contribution in [0.2, 0.25) is 0 Å². The molecule has 1 aliphatic rings. The minimum Gasteiger partial charge on any atom is -0.333 e. The largest absolute Gasteiger partial charge is 0.333 e. The van der Waals surface area contributed by atoms with Crippen LogP contribution in [0.1, 0.15) is 11.3 Å². The fourth-order valence-corrected chi connectivity index (χ4v) is 3.75. The van der Waals surface area contributed by atoms with E-state index in [2.05, 4.69) is 42.5 Å². The molecule has 1 fully saturated rings. The maximum atomic E-state index is 12.2. The number of nitrogens with one attached hydrogen (secondary N) is 1. The molecule has 0 spiro atoms. The van der Waals surface area contributed by atoms with E-state index in [1.165, 1.54) is 15.0 Å². The molecule has 3 rings (SSSR count). The van der Waals surface area contributed by atoms with Crippen LogP contribution in [0.5, 0.6) is 0 Å². The highest BCUT2D eigenvalue weighted by Crippen LogP contribution is 2.25. The highest BCUT2D eigenvalue weighted by molar-refractivity contribution is 7.19. The van der Waals surface area contributed by atoms with E-state index in [-0.39, 0.29) is 6.03 Å². The summed E-state index contributed by atoms with van der Waals surface area (Å²) in [5.74, 6) is 0. The van der Waals surface area contributed by atoms with Crippen molar-refractivity contribution < 1.29 is 4.79 Å². The van der Waals surface area contributed by atoms with Gasteiger partial charge in [-0.1, -0.05) is 18.2 Å². The zero-order chi connectivity index (χ0) is 14.8. The molecule has 0 aliphatic carbocycles. The molecule has 1 atom stereocenters. The minimum absolute atomic E-state index is 0.0526. The van der Waals surface area contributed by atoms with Gasteiger partial charge in [-0.3, -0.25) is 0 Å². The quantitative estimate of drug-likeness (QED) is 0.946. The van der Waals surface area contributed by atoms with Gasteiger partial charge in [0.2, 0.25) is 0 Å². The number of likely N-dealkylation sites (tertiary alicyclic amines) is 1. The Morgan fingerprint density at radius 1 is 1.43 bits per heavy atom. The number of nitrogens with zero attached hydrogens (tertiary/aromatic N) is 2. The summed E-state index contributed by atoms with van der Waals surface area (Å²) in [7, 11) is 4.15. The summed E-state index contributed by atoms with van der Waals surface area (Å²) in [6, 6.07) is 11.0. The third-order valence-corrected chi connectivity index (χ3v) is 5.19. The van der Waals surface area contributed by atoms with Crippen molar-refractivity contribution in [3.63, 3.8) is 0 Å². The number of fused-ring (bicyclic) bond motifs is 1. The maximum absolute atomic E-state index is 12.2. The van der Waals surface area contributed by atoms with Crippen molar-refractivity contribution in [2.75, 3.05) is 27.2 Å². The number of hydrogen-bond donors (Lipinski definition) is 1. The summed E-state index contributed by atoms with van der Waals surface area (Å²) in [5.41, 5.74) is 0. The molecule has 1 aliphatic heterocycles. The third-order valence-electron chi connectivity index (χ3n) is 4.07. The Hall–Kier alpha value is -1.59. The van der Waals surface area contributed by atoms with Crippen LogP contribution in [0, 0.1) is 0 Å². The summed E-state index contributed by atoms with van der Waals surface area (Å²) in [4.78, 5) is 17.5. The zero-order valence-electron chi connectivity index (χ0n) is 12.5. The smallest absolute Gasteiger partial charge is 0.317 e. The molecule has 1 saturated heterocycles. The SMILES string of the molecule is CN(C)C1CCN(C(=O)NCc2cc3ccccc3s2)C1. The predicted octanol–water partition coefficient (Wildman–Crippen LogP) is 2.75. The van der Waals surface area contributed by atoms with E-state index in [1.54, 1.807) is 11.3 Å². The molecule has 1 N–H and O–H groups in total. The normalized spacial score (nSPS) is 18.6. The Bertz CT molecular complexity index is 604. The number of rotatable bonds is 3. The van der Waals surface area contributed by atoms with Crippen molar-refractivity contribution in [2.24, 2.45) is 0 Å². The number of hydrogen-bond acceptors (Lipinski definition) is 3. The molecule has 2 aromatic rings. The van der Waals surface area contributed by atoms with Gasteiger partial charge in [0.05, 0.1) is 6.54 Å². The summed E-state index contributed by atoms with van der Waals surface area (Å²) < 4.78 is 1.27. The Kier molecular flexibility index (Phi) is 4.12. The fraction of sp³-hybridized carbons (Fsp3) is 0.438. The number of amides is 2. The summed E-state index contributed by atoms with van der Waals surface area (Å²) in [5, 5.41) is 4.29. The van der Waals surface area contributed by atoms with Crippen LogP contribution < -0.4 is 5.32 Å². The number of carbonyl (C=O) groups excluding carboxylic acids is 1. The molecular weight excluding hydrogens is 282 g/mol. The van der Waals surface area contributed by atoms with Crippen LogP contribution in [0.3, 0.4) is 0 Å². The monoisotopic (exact) mass is 303 g/mol. The van der Waals surface area contributed by atoms with E-state index < -0.39 is 0 Å². The van der Waals surface area contributed by atoms with Crippen molar-refractivity contribution in [3.8, 4) is 0 Å². The molecule has 2 amide bonds. The zero-order valence-corrected chi connectivity index (χ0v) is 13.3. The summed E-state index contributed by atoms with van der Waals surface area (Å²) in [6.07, 6.45) is 1.06. The second-order valence-electron chi connectivity index (χ2n) is 5.76. The molecule has 0 radical (unpaired) electrons. The highest BCUT2D eigenvalue weighted by Gasteiger charge is 2.27. The van der Waals surface area contributed by atoms with Crippen molar-refractivity contribution in [1.82, 2.24) is 15.1 Å². The Labute approximate surface area is 129 Å². The van der Waals surface area contributed by atoms with Gasteiger partial charge in [0.1, 0.15) is 0 Å². The lowest BCUT2D eigenvalue weighted by Gasteiger charge is -2.20. The molecule has 5 heteroatoms. The van der Waals surface area contributed by atoms with Crippen LogP contribution in [0.15, 0.2) is 30.3 Å². The fourth-order valence-electron chi connectivity index (χ4n) is 2.75. The maximum Gasteiger partial charge on any atom is 0.317 e. The molecule has 1 unspecified atom stereocenters. The van der Waals surface area contributed by atoms with Gasteiger partial charge in [-0.25, -0.2) is 4.79 Å². The standard InChI is InChI=1S/C16H21N3OS/c1-18(2)13-7-8-19(11-13)16(20)17-10-14-9-12-5-3-4-6-15(12)21-14/h3-6,9,13H,7-8,10-11H2,1-2H3,(H,17,20). The van der Waals surface area contributed by atoms with E-state index in [9.17, 15) is 4.79 Å². The van der Waals surface area contributed by atoms with E-state index >= 15 is 0 Å². The lowest BCUT2D eigenvalue weighted by Crippen LogP contribution is -2.40. The van der Waals surface area contributed by atoms with Gasteiger partial charge < -0.3 is 15.1 Å². The molecule has 21 heavy (non-hydrogen) atoms. The number of carbonyl (C=O) groups is 1. The van der Waals surface area contributed by atoms with Crippen LogP contribution >= 0.6 is 11.3 Å². The topological polar surface area (TPSA) is 35.6 Å². The van der Waals surface area contributed by atoms with Crippen molar-refractivity contribution in [2.45, 2.75) is 19.0 Å². The number of thiophene rings is 1. The third kappa shape index (κ3) is 3.19. The van der Waals surface area contributed by atoms with Gasteiger partial charge in [-0.2, -0.15) is 0 Å².